The highest BCUT2D eigenvalue weighted by molar-refractivity contribution is 5.74. The zero-order valence-electron chi connectivity index (χ0n) is 30.6. The second-order valence-electron chi connectivity index (χ2n) is 12.5. The maximum atomic E-state index is 12.3. The summed E-state index contributed by atoms with van der Waals surface area (Å²) in [5.74, 6) is -0.132. The molecule has 0 saturated carbocycles. The zero-order valence-corrected chi connectivity index (χ0v) is 30.6. The lowest BCUT2D eigenvalue weighted by molar-refractivity contribution is 0.384. The van der Waals surface area contributed by atoms with Crippen molar-refractivity contribution in [3.8, 4) is 0 Å². The summed E-state index contributed by atoms with van der Waals surface area (Å²) >= 11 is 0. The Hall–Kier alpha value is -4.64. The maximum Gasteiger partial charge on any atom is 0.326 e. The van der Waals surface area contributed by atoms with Crippen LogP contribution >= 0.6 is 0 Å². The number of likely N-dealkylation sites (N-methyl/N-ethyl adjacent to an activating group) is 3. The fourth-order valence-corrected chi connectivity index (χ4v) is 4.44. The number of anilines is 3. The average Bonchev–Trinajstić information content (AvgIpc) is 3.38. The lowest BCUT2D eigenvalue weighted by Crippen LogP contribution is -2.24. The molecule has 0 aliphatic rings. The molecule has 0 unspecified atom stereocenters. The molecular weight excluding hydrogens is 615 g/mol. The standard InChI is InChI=1S/C11H15N3O.C11H18N2.C10H17N3.C7H7F/c1-13(2)7-8-14-10-6-4-3-5-9(10)12-11(14)15;1-10-6-4-5-7-11(10)12-8-9-13(2)3;1-13(2)8-7-12-10-6-4-3-5-9(10)11;1-6-4-2-3-5-7(6)8/h3-6H,7-8H2,1-2H3,(H,12,15);4-7,12H,8-9H2,1-3H3;3-6,12H,7-8,11H2,1-2H3;2-5H,1H3. The van der Waals surface area contributed by atoms with E-state index in [2.05, 4.69) is 89.7 Å². The summed E-state index contributed by atoms with van der Waals surface area (Å²) in [5.41, 5.74) is 12.7. The van der Waals surface area contributed by atoms with Crippen molar-refractivity contribution in [1.29, 1.82) is 0 Å². The number of imidazole rings is 1. The molecule has 5 N–H and O–H groups in total. The van der Waals surface area contributed by atoms with Crippen LogP contribution in [0, 0.1) is 19.7 Å². The first-order valence-electron chi connectivity index (χ1n) is 16.6. The smallest absolute Gasteiger partial charge is 0.326 e. The largest absolute Gasteiger partial charge is 0.397 e. The van der Waals surface area contributed by atoms with Gasteiger partial charge < -0.3 is 36.1 Å². The van der Waals surface area contributed by atoms with E-state index in [0.717, 1.165) is 61.7 Å². The fraction of sp³-hybridized carbons (Fsp3) is 0.359. The molecule has 0 radical (unpaired) electrons. The number of nitrogens with one attached hydrogen (secondary N) is 3. The third-order valence-corrected chi connectivity index (χ3v) is 7.38. The Morgan fingerprint density at radius 1 is 0.653 bits per heavy atom. The van der Waals surface area contributed by atoms with Crippen molar-refractivity contribution in [2.24, 2.45) is 0 Å². The molecule has 266 valence electrons. The van der Waals surface area contributed by atoms with Gasteiger partial charge >= 0.3 is 5.69 Å². The SMILES string of the molecule is CN(C)CCNc1ccccc1N.CN(C)CCn1c(=O)[nH]c2ccccc21.Cc1ccccc1F.Cc1ccccc1NCCN(C)C. The lowest BCUT2D eigenvalue weighted by atomic mass is 10.2. The molecule has 0 bridgehead atoms. The van der Waals surface area contributed by atoms with E-state index in [1.54, 1.807) is 23.6 Å². The monoisotopic (exact) mass is 672 g/mol. The first kappa shape index (κ1) is 40.5. The number of aromatic nitrogens is 2. The van der Waals surface area contributed by atoms with Crippen molar-refractivity contribution in [1.82, 2.24) is 24.3 Å². The van der Waals surface area contributed by atoms with Gasteiger partial charge in [0.1, 0.15) is 5.82 Å². The maximum absolute atomic E-state index is 12.3. The lowest BCUT2D eigenvalue weighted by Gasteiger charge is -2.12. The van der Waals surface area contributed by atoms with E-state index in [4.69, 9.17) is 5.73 Å². The van der Waals surface area contributed by atoms with Crippen molar-refractivity contribution >= 4 is 28.1 Å². The summed E-state index contributed by atoms with van der Waals surface area (Å²) in [6.07, 6.45) is 0. The van der Waals surface area contributed by atoms with Gasteiger partial charge in [-0.3, -0.25) is 4.57 Å². The predicted octanol–water partition coefficient (Wildman–Crippen LogP) is 6.24. The number of aryl methyl sites for hydroxylation is 2. The number of halogens is 1. The van der Waals surface area contributed by atoms with Crippen LogP contribution in [-0.4, -0.2) is 99.3 Å². The predicted molar refractivity (Wildman–Crippen MR) is 208 cm³/mol. The normalized spacial score (nSPS) is 10.5. The molecule has 49 heavy (non-hydrogen) atoms. The first-order valence-corrected chi connectivity index (χ1v) is 16.6. The Labute approximate surface area is 292 Å². The average molecular weight is 673 g/mol. The Kier molecular flexibility index (Phi) is 18.3. The Balaban J connectivity index is 0.000000231. The number of rotatable bonds is 11. The summed E-state index contributed by atoms with van der Waals surface area (Å²) in [6, 6.07) is 30.6. The van der Waals surface area contributed by atoms with E-state index in [-0.39, 0.29) is 11.5 Å². The van der Waals surface area contributed by atoms with Gasteiger partial charge in [-0.15, -0.1) is 0 Å². The zero-order chi connectivity index (χ0) is 36.2. The number of para-hydroxylation sites is 5. The Morgan fingerprint density at radius 2 is 1.14 bits per heavy atom. The molecule has 4 aromatic carbocycles. The van der Waals surface area contributed by atoms with E-state index < -0.39 is 0 Å². The molecule has 1 aromatic heterocycles. The van der Waals surface area contributed by atoms with E-state index in [1.807, 2.05) is 68.7 Å². The first-order chi connectivity index (χ1) is 23.4. The van der Waals surface area contributed by atoms with Crippen LogP contribution in [0.5, 0.6) is 0 Å². The number of nitrogens with zero attached hydrogens (tertiary/aromatic N) is 4. The van der Waals surface area contributed by atoms with Crippen molar-refractivity contribution < 1.29 is 4.39 Å². The number of hydrogen-bond acceptors (Lipinski definition) is 7. The van der Waals surface area contributed by atoms with Crippen molar-refractivity contribution in [2.75, 3.05) is 91.4 Å². The third-order valence-electron chi connectivity index (χ3n) is 7.38. The molecule has 10 heteroatoms. The summed E-state index contributed by atoms with van der Waals surface area (Å²) < 4.78 is 14.1. The summed E-state index contributed by atoms with van der Waals surface area (Å²) in [7, 11) is 12.3. The third kappa shape index (κ3) is 15.9. The Bertz CT molecular complexity index is 1620. The molecule has 0 amide bonds. The van der Waals surface area contributed by atoms with Gasteiger partial charge in [0.05, 0.1) is 22.4 Å². The molecule has 0 saturated heterocycles. The second kappa shape index (κ2) is 22.1. The van der Waals surface area contributed by atoms with Crippen LogP contribution in [-0.2, 0) is 6.54 Å². The number of nitrogen functional groups attached to an aromatic ring is 1. The van der Waals surface area contributed by atoms with E-state index in [9.17, 15) is 9.18 Å². The summed E-state index contributed by atoms with van der Waals surface area (Å²) in [6.45, 7) is 9.44. The van der Waals surface area contributed by atoms with Crippen LogP contribution in [0.4, 0.5) is 21.5 Å². The fourth-order valence-electron chi connectivity index (χ4n) is 4.44. The van der Waals surface area contributed by atoms with Gasteiger partial charge in [-0.25, -0.2) is 9.18 Å². The number of fused-ring (bicyclic) bond motifs is 1. The number of aromatic amines is 1. The summed E-state index contributed by atoms with van der Waals surface area (Å²) in [5, 5.41) is 6.68. The number of nitrogens with two attached hydrogens (primary N) is 1. The molecule has 0 aliphatic heterocycles. The number of hydrogen-bond donors (Lipinski definition) is 4. The van der Waals surface area contributed by atoms with Gasteiger partial charge in [0.15, 0.2) is 0 Å². The van der Waals surface area contributed by atoms with Crippen molar-refractivity contribution in [3.63, 3.8) is 0 Å². The molecule has 1 heterocycles. The highest BCUT2D eigenvalue weighted by Gasteiger charge is 2.05. The van der Waals surface area contributed by atoms with Gasteiger partial charge in [-0.1, -0.05) is 60.7 Å². The van der Waals surface area contributed by atoms with E-state index in [1.165, 1.54) is 17.3 Å². The van der Waals surface area contributed by atoms with E-state index in [0.29, 0.717) is 5.56 Å². The summed E-state index contributed by atoms with van der Waals surface area (Å²) in [4.78, 5) is 20.8. The second-order valence-corrected chi connectivity index (χ2v) is 12.5. The topological polar surface area (TPSA) is 97.6 Å². The highest BCUT2D eigenvalue weighted by atomic mass is 19.1. The van der Waals surface area contributed by atoms with Crippen LogP contribution < -0.4 is 22.1 Å². The molecular formula is C39H57FN8O. The number of benzene rings is 4. The van der Waals surface area contributed by atoms with Gasteiger partial charge in [-0.2, -0.15) is 0 Å². The number of H-pyrrole nitrogens is 1. The van der Waals surface area contributed by atoms with E-state index >= 15 is 0 Å². The van der Waals surface area contributed by atoms with Gasteiger partial charge in [-0.05, 0) is 104 Å². The van der Waals surface area contributed by atoms with Crippen molar-refractivity contribution in [2.45, 2.75) is 20.4 Å². The molecule has 0 spiro atoms. The van der Waals surface area contributed by atoms with Crippen LogP contribution in [0.2, 0.25) is 0 Å². The van der Waals surface area contributed by atoms with Crippen LogP contribution in [0.25, 0.3) is 11.0 Å². The molecule has 5 aromatic rings. The molecule has 0 fully saturated rings. The molecule has 0 aliphatic carbocycles. The van der Waals surface area contributed by atoms with Gasteiger partial charge in [0.2, 0.25) is 0 Å². The Morgan fingerprint density at radius 3 is 1.67 bits per heavy atom. The quantitative estimate of drug-likeness (QED) is 0.124. The highest BCUT2D eigenvalue weighted by Crippen LogP contribution is 2.16. The van der Waals surface area contributed by atoms with Crippen LogP contribution in [0.3, 0.4) is 0 Å². The van der Waals surface area contributed by atoms with Gasteiger partial charge in [0, 0.05) is 45.0 Å². The molecule has 0 atom stereocenters. The van der Waals surface area contributed by atoms with Crippen LogP contribution in [0.1, 0.15) is 11.1 Å². The minimum absolute atomic E-state index is 0.0296. The van der Waals surface area contributed by atoms with Crippen LogP contribution in [0.15, 0.2) is 102 Å². The van der Waals surface area contributed by atoms with Gasteiger partial charge in [0.25, 0.3) is 0 Å². The van der Waals surface area contributed by atoms with Crippen molar-refractivity contribution in [3.05, 3.63) is 124 Å². The molecule has 9 nitrogen and oxygen atoms in total. The minimum atomic E-state index is -0.132. The molecule has 5 rings (SSSR count). The minimum Gasteiger partial charge on any atom is -0.397 e.